The molecule has 0 aromatic heterocycles. The Labute approximate surface area is 170 Å². The average molecular weight is 420 g/mol. The summed E-state index contributed by atoms with van der Waals surface area (Å²) in [6, 6.07) is 12.2. The van der Waals surface area contributed by atoms with Crippen LogP contribution < -0.4 is 10.6 Å². The highest BCUT2D eigenvalue weighted by molar-refractivity contribution is 7.89. The third kappa shape index (κ3) is 6.30. The van der Waals surface area contributed by atoms with Crippen LogP contribution in [0.4, 0.5) is 16.2 Å². The summed E-state index contributed by atoms with van der Waals surface area (Å²) >= 11 is 0. The predicted molar refractivity (Wildman–Crippen MR) is 112 cm³/mol. The van der Waals surface area contributed by atoms with Gasteiger partial charge < -0.3 is 10.1 Å². The maximum absolute atomic E-state index is 12.4. The molecule has 0 fully saturated rings. The van der Waals surface area contributed by atoms with E-state index >= 15 is 0 Å². The number of nitrogens with one attached hydrogen (secondary N) is 2. The minimum atomic E-state index is -3.52. The Morgan fingerprint density at radius 3 is 1.83 bits per heavy atom. The number of hydrogen-bond donors (Lipinski definition) is 2. The van der Waals surface area contributed by atoms with E-state index in [1.54, 1.807) is 45.0 Å². The molecule has 0 aliphatic heterocycles. The highest BCUT2D eigenvalue weighted by Gasteiger charge is 2.18. The standard InChI is InChI=1S/C20H25N3O5S/c1-20(2,3)28-19(25)22-16-8-6-14(7-9-16)18(24)21-15-10-12-17(13-11-15)29(26,27)23(4)5/h6-13H,1-5H3,(H,21,24)(H,22,25). The zero-order valence-electron chi connectivity index (χ0n) is 17.0. The molecule has 0 saturated carbocycles. The van der Waals surface area contributed by atoms with Crippen LogP contribution in [0.15, 0.2) is 53.4 Å². The number of amides is 2. The molecule has 0 saturated heterocycles. The lowest BCUT2D eigenvalue weighted by Crippen LogP contribution is -2.27. The molecule has 156 valence electrons. The minimum Gasteiger partial charge on any atom is -0.444 e. The number of sulfonamides is 1. The van der Waals surface area contributed by atoms with E-state index in [1.165, 1.54) is 38.4 Å². The minimum absolute atomic E-state index is 0.137. The molecule has 2 aromatic carbocycles. The molecule has 2 N–H and O–H groups in total. The maximum atomic E-state index is 12.4. The first-order chi connectivity index (χ1) is 13.4. The Morgan fingerprint density at radius 2 is 1.34 bits per heavy atom. The van der Waals surface area contributed by atoms with Crippen molar-refractivity contribution in [2.45, 2.75) is 31.3 Å². The lowest BCUT2D eigenvalue weighted by atomic mass is 10.2. The lowest BCUT2D eigenvalue weighted by molar-refractivity contribution is 0.0635. The molecule has 0 atom stereocenters. The number of anilines is 2. The summed E-state index contributed by atoms with van der Waals surface area (Å²) in [6.45, 7) is 5.30. The summed E-state index contributed by atoms with van der Waals surface area (Å²) < 4.78 is 30.4. The lowest BCUT2D eigenvalue weighted by Gasteiger charge is -2.19. The van der Waals surface area contributed by atoms with Gasteiger partial charge >= 0.3 is 6.09 Å². The first-order valence-electron chi connectivity index (χ1n) is 8.82. The number of carbonyl (C=O) groups excluding carboxylic acids is 2. The van der Waals surface area contributed by atoms with Crippen molar-refractivity contribution in [2.75, 3.05) is 24.7 Å². The van der Waals surface area contributed by atoms with Crippen LogP contribution in [0.1, 0.15) is 31.1 Å². The van der Waals surface area contributed by atoms with Crippen molar-refractivity contribution in [3.63, 3.8) is 0 Å². The van der Waals surface area contributed by atoms with Gasteiger partial charge in [-0.1, -0.05) is 0 Å². The maximum Gasteiger partial charge on any atom is 0.412 e. The van der Waals surface area contributed by atoms with E-state index in [9.17, 15) is 18.0 Å². The van der Waals surface area contributed by atoms with Gasteiger partial charge in [-0.2, -0.15) is 0 Å². The molecule has 0 bridgehead atoms. The number of rotatable bonds is 5. The van der Waals surface area contributed by atoms with Crippen molar-refractivity contribution in [2.24, 2.45) is 0 Å². The van der Waals surface area contributed by atoms with E-state index in [0.717, 1.165) is 4.31 Å². The van der Waals surface area contributed by atoms with Crippen molar-refractivity contribution in [1.29, 1.82) is 0 Å². The van der Waals surface area contributed by atoms with E-state index in [0.29, 0.717) is 16.9 Å². The van der Waals surface area contributed by atoms with Gasteiger partial charge in [0.25, 0.3) is 5.91 Å². The SMILES string of the molecule is CN(C)S(=O)(=O)c1ccc(NC(=O)c2ccc(NC(=O)OC(C)(C)C)cc2)cc1. The summed E-state index contributed by atoms with van der Waals surface area (Å²) in [5.41, 5.74) is 0.730. The second-order valence-corrected chi connectivity index (χ2v) is 9.62. The molecule has 2 rings (SSSR count). The van der Waals surface area contributed by atoms with Gasteiger partial charge in [0.05, 0.1) is 4.90 Å². The Kier molecular flexibility index (Phi) is 6.66. The molecular formula is C20H25N3O5S. The fraction of sp³-hybridized carbons (Fsp3) is 0.300. The molecule has 0 unspecified atom stereocenters. The van der Waals surface area contributed by atoms with Gasteiger partial charge in [0, 0.05) is 31.0 Å². The van der Waals surface area contributed by atoms with Crippen LogP contribution >= 0.6 is 0 Å². The summed E-state index contributed by atoms with van der Waals surface area (Å²) in [5, 5.41) is 5.29. The summed E-state index contributed by atoms with van der Waals surface area (Å²) in [5.74, 6) is -0.364. The zero-order valence-corrected chi connectivity index (χ0v) is 17.8. The van der Waals surface area contributed by atoms with Gasteiger partial charge in [-0.3, -0.25) is 10.1 Å². The Hall–Kier alpha value is -2.91. The smallest absolute Gasteiger partial charge is 0.412 e. The third-order valence-corrected chi connectivity index (χ3v) is 5.51. The van der Waals surface area contributed by atoms with Crippen molar-refractivity contribution in [3.8, 4) is 0 Å². The number of hydrogen-bond acceptors (Lipinski definition) is 5. The molecule has 0 heterocycles. The first-order valence-corrected chi connectivity index (χ1v) is 10.3. The van der Waals surface area contributed by atoms with Crippen LogP contribution in [-0.2, 0) is 14.8 Å². The van der Waals surface area contributed by atoms with Gasteiger partial charge in [0.1, 0.15) is 5.60 Å². The Balaban J connectivity index is 2.02. The van der Waals surface area contributed by atoms with Crippen LogP contribution in [0.5, 0.6) is 0 Å². The fourth-order valence-corrected chi connectivity index (χ4v) is 3.15. The van der Waals surface area contributed by atoms with E-state index in [-0.39, 0.29) is 10.8 Å². The monoisotopic (exact) mass is 419 g/mol. The van der Waals surface area contributed by atoms with E-state index < -0.39 is 21.7 Å². The molecule has 2 aromatic rings. The van der Waals surface area contributed by atoms with Gasteiger partial charge in [-0.15, -0.1) is 0 Å². The predicted octanol–water partition coefficient (Wildman–Crippen LogP) is 3.54. The molecule has 0 aliphatic carbocycles. The fourth-order valence-electron chi connectivity index (χ4n) is 2.25. The van der Waals surface area contributed by atoms with Crippen LogP contribution in [0.25, 0.3) is 0 Å². The number of benzene rings is 2. The largest absolute Gasteiger partial charge is 0.444 e. The van der Waals surface area contributed by atoms with Gasteiger partial charge in [0.2, 0.25) is 10.0 Å². The van der Waals surface area contributed by atoms with Crippen LogP contribution in [0, 0.1) is 0 Å². The average Bonchev–Trinajstić information content (AvgIpc) is 2.61. The first kappa shape index (κ1) is 22.4. The van der Waals surface area contributed by atoms with Crippen LogP contribution in [0.2, 0.25) is 0 Å². The van der Waals surface area contributed by atoms with E-state index in [2.05, 4.69) is 10.6 Å². The second-order valence-electron chi connectivity index (χ2n) is 7.47. The molecule has 0 aliphatic rings. The molecule has 8 nitrogen and oxygen atoms in total. The Bertz CT molecular complexity index is 976. The second kappa shape index (κ2) is 8.62. The van der Waals surface area contributed by atoms with Crippen molar-refractivity contribution >= 4 is 33.4 Å². The highest BCUT2D eigenvalue weighted by Crippen LogP contribution is 2.18. The van der Waals surface area contributed by atoms with Crippen LogP contribution in [-0.4, -0.2) is 44.4 Å². The highest BCUT2D eigenvalue weighted by atomic mass is 32.2. The quantitative estimate of drug-likeness (QED) is 0.771. The summed E-state index contributed by atoms with van der Waals surface area (Å²) in [6.07, 6.45) is -0.581. The van der Waals surface area contributed by atoms with Crippen molar-refractivity contribution in [1.82, 2.24) is 4.31 Å². The molecular weight excluding hydrogens is 394 g/mol. The number of ether oxygens (including phenoxy) is 1. The van der Waals surface area contributed by atoms with E-state index in [1.807, 2.05) is 0 Å². The van der Waals surface area contributed by atoms with Gasteiger partial charge in [-0.25, -0.2) is 17.5 Å². The van der Waals surface area contributed by atoms with Crippen LogP contribution in [0.3, 0.4) is 0 Å². The van der Waals surface area contributed by atoms with Crippen molar-refractivity contribution in [3.05, 3.63) is 54.1 Å². The summed E-state index contributed by atoms with van der Waals surface area (Å²) in [7, 11) is -0.623. The van der Waals surface area contributed by atoms with E-state index in [4.69, 9.17) is 4.74 Å². The third-order valence-electron chi connectivity index (χ3n) is 3.68. The molecule has 2 amide bonds. The molecule has 29 heavy (non-hydrogen) atoms. The normalized spacial score (nSPS) is 11.8. The zero-order chi connectivity index (χ0) is 21.8. The number of carbonyl (C=O) groups is 2. The topological polar surface area (TPSA) is 105 Å². The number of nitrogens with zero attached hydrogens (tertiary/aromatic N) is 1. The summed E-state index contributed by atoms with van der Waals surface area (Å²) in [4.78, 5) is 24.3. The molecule has 9 heteroatoms. The Morgan fingerprint density at radius 1 is 0.862 bits per heavy atom. The molecule has 0 radical (unpaired) electrons. The van der Waals surface area contributed by atoms with Gasteiger partial charge in [-0.05, 0) is 69.3 Å². The van der Waals surface area contributed by atoms with Crippen molar-refractivity contribution < 1.29 is 22.7 Å². The molecule has 0 spiro atoms. The van der Waals surface area contributed by atoms with Gasteiger partial charge in [0.15, 0.2) is 0 Å².